The van der Waals surface area contributed by atoms with E-state index in [-0.39, 0.29) is 35.9 Å². The number of likely N-dealkylation sites (tertiary alicyclic amines) is 1. The molecule has 0 radical (unpaired) electrons. The van der Waals surface area contributed by atoms with Crippen molar-refractivity contribution in [3.05, 3.63) is 12.7 Å². The molecule has 2 amide bonds. The molecule has 3 fully saturated rings. The van der Waals surface area contributed by atoms with Gasteiger partial charge in [0.25, 0.3) is 0 Å². The number of carbonyl (C=O) groups is 3. The maximum absolute atomic E-state index is 14.2. The van der Waals surface area contributed by atoms with Gasteiger partial charge in [0, 0.05) is 30.6 Å². The van der Waals surface area contributed by atoms with E-state index in [4.69, 9.17) is 14.6 Å². The van der Waals surface area contributed by atoms with E-state index in [1.54, 1.807) is 22.8 Å². The molecule has 3 saturated heterocycles. The van der Waals surface area contributed by atoms with E-state index < -0.39 is 35.6 Å². The van der Waals surface area contributed by atoms with Crippen molar-refractivity contribution in [2.24, 2.45) is 11.8 Å². The Kier molecular flexibility index (Phi) is 9.20. The van der Waals surface area contributed by atoms with Crippen LogP contribution in [0.3, 0.4) is 0 Å². The molecule has 192 valence electrons. The SMILES string of the molecule is C=CCN(C(=O)[C@@H]1N(CCCCCO)C(=O)[C@H]2[C@H](C(=O)OCC)[C@H]3O[C@@]12CC3Br)C(C)CCC. The number of rotatable bonds is 13. The molecule has 0 aliphatic carbocycles. The van der Waals surface area contributed by atoms with Gasteiger partial charge in [-0.1, -0.05) is 35.4 Å². The number of halogens is 1. The molecule has 1 spiro atoms. The standard InChI is InChI=1S/C25H39BrN2O6/c1-5-11-16(4)27(12-6-2)23(31)21-25-15-17(26)20(34-25)18(24(32)33-7-3)19(25)22(30)28(21)13-9-8-10-14-29/h6,16-21,29H,2,5,7-15H2,1,3-4H3/t16?,17?,18-,19+,20-,21-,25+/m0/s1. The Morgan fingerprint density at radius 1 is 1.38 bits per heavy atom. The van der Waals surface area contributed by atoms with E-state index in [2.05, 4.69) is 29.4 Å². The second kappa shape index (κ2) is 11.5. The first kappa shape index (κ1) is 27.1. The van der Waals surface area contributed by atoms with Gasteiger partial charge in [-0.2, -0.15) is 0 Å². The van der Waals surface area contributed by atoms with Gasteiger partial charge >= 0.3 is 5.97 Å². The van der Waals surface area contributed by atoms with Crippen LogP contribution in [0.25, 0.3) is 0 Å². The Morgan fingerprint density at radius 3 is 2.74 bits per heavy atom. The lowest BCUT2D eigenvalue weighted by molar-refractivity contribution is -0.155. The molecule has 1 N–H and O–H groups in total. The molecule has 0 aromatic rings. The maximum atomic E-state index is 14.2. The fraction of sp³-hybridized carbons (Fsp3) is 0.800. The topological polar surface area (TPSA) is 96.4 Å². The van der Waals surface area contributed by atoms with Crippen molar-refractivity contribution in [2.45, 2.75) is 87.9 Å². The number of ether oxygens (including phenoxy) is 2. The van der Waals surface area contributed by atoms with Gasteiger partial charge in [0.15, 0.2) is 0 Å². The van der Waals surface area contributed by atoms with Crippen molar-refractivity contribution in [3.8, 4) is 0 Å². The summed E-state index contributed by atoms with van der Waals surface area (Å²) in [5.74, 6) is -2.26. The number of esters is 1. The van der Waals surface area contributed by atoms with Crippen molar-refractivity contribution < 1.29 is 29.0 Å². The fourth-order valence-corrected chi connectivity index (χ4v) is 7.03. The summed E-state index contributed by atoms with van der Waals surface area (Å²) in [5, 5.41) is 9.16. The summed E-state index contributed by atoms with van der Waals surface area (Å²) < 4.78 is 11.8. The summed E-state index contributed by atoms with van der Waals surface area (Å²) in [6.45, 7) is 10.7. The Morgan fingerprint density at radius 2 is 2.12 bits per heavy atom. The molecule has 0 saturated carbocycles. The van der Waals surface area contributed by atoms with Gasteiger partial charge in [0.05, 0.1) is 24.5 Å². The lowest BCUT2D eigenvalue weighted by atomic mass is 9.70. The van der Waals surface area contributed by atoms with E-state index in [1.807, 2.05) is 6.92 Å². The van der Waals surface area contributed by atoms with Crippen molar-refractivity contribution in [3.63, 3.8) is 0 Å². The van der Waals surface area contributed by atoms with Crippen LogP contribution >= 0.6 is 15.9 Å². The van der Waals surface area contributed by atoms with Crippen LogP contribution in [-0.4, -0.2) is 87.6 Å². The molecule has 9 heteroatoms. The van der Waals surface area contributed by atoms with Crippen LogP contribution in [0, 0.1) is 11.8 Å². The van der Waals surface area contributed by atoms with Crippen LogP contribution in [0.5, 0.6) is 0 Å². The van der Waals surface area contributed by atoms with Crippen LogP contribution in [0.1, 0.15) is 59.3 Å². The maximum Gasteiger partial charge on any atom is 0.312 e. The molecule has 7 atom stereocenters. The van der Waals surface area contributed by atoms with Crippen molar-refractivity contribution in [1.29, 1.82) is 0 Å². The summed E-state index contributed by atoms with van der Waals surface area (Å²) in [5.41, 5.74) is -1.06. The summed E-state index contributed by atoms with van der Waals surface area (Å²) in [4.78, 5) is 44.2. The van der Waals surface area contributed by atoms with Crippen LogP contribution in [0.4, 0.5) is 0 Å². The largest absolute Gasteiger partial charge is 0.466 e. The molecule has 2 bridgehead atoms. The molecule has 3 aliphatic heterocycles. The summed E-state index contributed by atoms with van der Waals surface area (Å²) in [7, 11) is 0. The number of unbranched alkanes of at least 4 members (excludes halogenated alkanes) is 2. The smallest absolute Gasteiger partial charge is 0.312 e. The monoisotopic (exact) mass is 542 g/mol. The number of nitrogens with zero attached hydrogens (tertiary/aromatic N) is 2. The first-order valence-corrected chi connectivity index (χ1v) is 13.5. The van der Waals surface area contributed by atoms with E-state index in [9.17, 15) is 14.4 Å². The third kappa shape index (κ3) is 4.67. The van der Waals surface area contributed by atoms with E-state index in [0.29, 0.717) is 32.4 Å². The summed E-state index contributed by atoms with van der Waals surface area (Å²) >= 11 is 3.67. The highest BCUT2D eigenvalue weighted by Crippen LogP contribution is 2.60. The predicted molar refractivity (Wildman–Crippen MR) is 131 cm³/mol. The molecular formula is C25H39BrN2O6. The second-order valence-electron chi connectivity index (χ2n) is 9.65. The Labute approximate surface area is 211 Å². The number of hydrogen-bond donors (Lipinski definition) is 1. The van der Waals surface area contributed by atoms with Crippen LogP contribution in [0.2, 0.25) is 0 Å². The predicted octanol–water partition coefficient (Wildman–Crippen LogP) is 2.66. The van der Waals surface area contributed by atoms with Crippen molar-refractivity contribution in [1.82, 2.24) is 9.80 Å². The average molecular weight is 543 g/mol. The van der Waals surface area contributed by atoms with Gasteiger partial charge in [-0.25, -0.2) is 0 Å². The first-order chi connectivity index (χ1) is 16.3. The molecule has 34 heavy (non-hydrogen) atoms. The molecule has 0 aromatic carbocycles. The van der Waals surface area contributed by atoms with Gasteiger partial charge in [-0.05, 0) is 46.0 Å². The zero-order valence-electron chi connectivity index (χ0n) is 20.6. The fourth-order valence-electron chi connectivity index (χ4n) is 6.08. The number of fused-ring (bicyclic) bond motifs is 1. The van der Waals surface area contributed by atoms with Crippen molar-refractivity contribution in [2.75, 3.05) is 26.3 Å². The minimum absolute atomic E-state index is 0.0171. The molecule has 0 aromatic heterocycles. The number of amides is 2. The molecule has 3 rings (SSSR count). The van der Waals surface area contributed by atoms with Crippen LogP contribution in [0.15, 0.2) is 12.7 Å². The first-order valence-electron chi connectivity index (χ1n) is 12.6. The minimum Gasteiger partial charge on any atom is -0.466 e. The highest BCUT2D eigenvalue weighted by atomic mass is 79.9. The lowest BCUT2D eigenvalue weighted by Crippen LogP contribution is -2.58. The number of aliphatic hydroxyl groups is 1. The number of hydrogen-bond acceptors (Lipinski definition) is 6. The Balaban J connectivity index is 2.01. The van der Waals surface area contributed by atoms with Gasteiger partial charge < -0.3 is 24.4 Å². The molecule has 2 unspecified atom stereocenters. The zero-order chi connectivity index (χ0) is 25.0. The van der Waals surface area contributed by atoms with Gasteiger partial charge in [-0.15, -0.1) is 6.58 Å². The van der Waals surface area contributed by atoms with Gasteiger partial charge in [0.2, 0.25) is 11.8 Å². The third-order valence-electron chi connectivity index (χ3n) is 7.49. The average Bonchev–Trinajstić information content (AvgIpc) is 3.38. The second-order valence-corrected chi connectivity index (χ2v) is 10.8. The zero-order valence-corrected chi connectivity index (χ0v) is 22.2. The van der Waals surface area contributed by atoms with Gasteiger partial charge in [0.1, 0.15) is 11.6 Å². The van der Waals surface area contributed by atoms with E-state index in [1.165, 1.54) is 0 Å². The number of alkyl halides is 1. The molecular weight excluding hydrogens is 504 g/mol. The van der Waals surface area contributed by atoms with Gasteiger partial charge in [-0.3, -0.25) is 14.4 Å². The van der Waals surface area contributed by atoms with Crippen molar-refractivity contribution >= 4 is 33.7 Å². The Bertz CT molecular complexity index is 779. The Hall–Kier alpha value is -1.45. The molecule has 3 aliphatic rings. The van der Waals surface area contributed by atoms with Crippen LogP contribution < -0.4 is 0 Å². The van der Waals surface area contributed by atoms with Crippen LogP contribution in [-0.2, 0) is 23.9 Å². The summed E-state index contributed by atoms with van der Waals surface area (Å²) in [6.07, 6.45) is 5.50. The summed E-state index contributed by atoms with van der Waals surface area (Å²) in [6, 6.07) is -0.820. The van der Waals surface area contributed by atoms with E-state index >= 15 is 0 Å². The number of aliphatic hydroxyl groups excluding tert-OH is 1. The third-order valence-corrected chi connectivity index (χ3v) is 8.33. The highest BCUT2D eigenvalue weighted by molar-refractivity contribution is 9.09. The molecule has 3 heterocycles. The quantitative estimate of drug-likeness (QED) is 0.166. The number of carbonyl (C=O) groups excluding carboxylic acids is 3. The highest BCUT2D eigenvalue weighted by Gasteiger charge is 2.77. The minimum atomic E-state index is -1.06. The molecule has 8 nitrogen and oxygen atoms in total. The van der Waals surface area contributed by atoms with E-state index in [0.717, 1.165) is 19.3 Å². The normalized spacial score (nSPS) is 32.6. The lowest BCUT2D eigenvalue weighted by Gasteiger charge is -2.39.